The first kappa shape index (κ1) is 23.8. The molecular formula is C24H31N3O4S. The molecule has 1 amide bonds. The van der Waals surface area contributed by atoms with E-state index in [2.05, 4.69) is 10.3 Å². The van der Waals surface area contributed by atoms with Crippen LogP contribution >= 0.6 is 11.8 Å². The number of imidazole rings is 1. The monoisotopic (exact) mass is 457 g/mol. The predicted molar refractivity (Wildman–Crippen MR) is 129 cm³/mol. The maximum Gasteiger partial charge on any atom is 0.252 e. The number of nitrogens with one attached hydrogen (secondary N) is 2. The number of aromatic nitrogens is 2. The number of H-pyrrole nitrogens is 1. The van der Waals surface area contributed by atoms with Crippen molar-refractivity contribution in [1.82, 2.24) is 15.3 Å². The number of aromatic amines is 1. The maximum absolute atomic E-state index is 13.3. The molecule has 1 heterocycles. The van der Waals surface area contributed by atoms with E-state index in [1.807, 2.05) is 51.3 Å². The maximum atomic E-state index is 13.3. The molecule has 172 valence electrons. The Bertz CT molecular complexity index is 977. The standard InChI is InChI=1S/C24H31N3O4S/c1-5-29-20-14-16(15-21(30-6-2)22(20)31-7-3)24(28)27-19(12-13-32-4)23-25-17-10-8-9-11-18(17)26-23/h8-11,14-15,19H,5-7,12-13H2,1-4H3,(H,25,26)(H,27,28)/t19-/m1/s1. The molecule has 0 fully saturated rings. The minimum atomic E-state index is -0.250. The van der Waals surface area contributed by atoms with Gasteiger partial charge in [-0.3, -0.25) is 4.79 Å². The smallest absolute Gasteiger partial charge is 0.252 e. The van der Waals surface area contributed by atoms with Crippen LogP contribution in [0.2, 0.25) is 0 Å². The summed E-state index contributed by atoms with van der Waals surface area (Å²) in [7, 11) is 0. The van der Waals surface area contributed by atoms with Crippen LogP contribution in [0.25, 0.3) is 11.0 Å². The fourth-order valence-electron chi connectivity index (χ4n) is 3.41. The number of ether oxygens (including phenoxy) is 3. The molecule has 0 saturated carbocycles. The minimum Gasteiger partial charge on any atom is -0.490 e. The normalized spacial score (nSPS) is 11.9. The van der Waals surface area contributed by atoms with Crippen molar-refractivity contribution in [3.8, 4) is 17.2 Å². The van der Waals surface area contributed by atoms with Gasteiger partial charge in [0.25, 0.3) is 5.91 Å². The van der Waals surface area contributed by atoms with Crippen molar-refractivity contribution in [3.05, 3.63) is 47.8 Å². The zero-order valence-electron chi connectivity index (χ0n) is 19.1. The molecule has 7 nitrogen and oxygen atoms in total. The van der Waals surface area contributed by atoms with Crippen LogP contribution < -0.4 is 19.5 Å². The molecule has 0 bridgehead atoms. The number of benzene rings is 2. The third kappa shape index (κ3) is 5.68. The summed E-state index contributed by atoms with van der Waals surface area (Å²) in [4.78, 5) is 21.3. The van der Waals surface area contributed by atoms with Gasteiger partial charge in [-0.15, -0.1) is 0 Å². The van der Waals surface area contributed by atoms with E-state index in [1.54, 1.807) is 23.9 Å². The van der Waals surface area contributed by atoms with Crippen molar-refractivity contribution in [3.63, 3.8) is 0 Å². The van der Waals surface area contributed by atoms with Crippen molar-refractivity contribution in [2.45, 2.75) is 33.2 Å². The number of fused-ring (bicyclic) bond motifs is 1. The summed E-state index contributed by atoms with van der Waals surface area (Å²) in [5, 5.41) is 3.14. The molecule has 1 aromatic heterocycles. The second-order valence-corrected chi connectivity index (χ2v) is 8.03. The van der Waals surface area contributed by atoms with Gasteiger partial charge in [0, 0.05) is 5.56 Å². The second-order valence-electron chi connectivity index (χ2n) is 7.05. The van der Waals surface area contributed by atoms with Crippen LogP contribution in [0, 0.1) is 0 Å². The van der Waals surface area contributed by atoms with E-state index < -0.39 is 0 Å². The molecule has 3 rings (SSSR count). The van der Waals surface area contributed by atoms with Gasteiger partial charge in [-0.05, 0) is 63.5 Å². The number of para-hydroxylation sites is 2. The van der Waals surface area contributed by atoms with Crippen LogP contribution in [-0.4, -0.2) is 47.7 Å². The van der Waals surface area contributed by atoms with Crippen LogP contribution in [0.4, 0.5) is 0 Å². The number of thioether (sulfide) groups is 1. The highest BCUT2D eigenvalue weighted by molar-refractivity contribution is 7.98. The second kappa shape index (κ2) is 11.7. The van der Waals surface area contributed by atoms with E-state index in [0.717, 1.165) is 29.0 Å². The molecule has 32 heavy (non-hydrogen) atoms. The van der Waals surface area contributed by atoms with Gasteiger partial charge in [0.2, 0.25) is 5.75 Å². The van der Waals surface area contributed by atoms with Crippen LogP contribution in [0.1, 0.15) is 49.4 Å². The van der Waals surface area contributed by atoms with Gasteiger partial charge >= 0.3 is 0 Å². The third-order valence-corrected chi connectivity index (χ3v) is 5.47. The van der Waals surface area contributed by atoms with E-state index in [4.69, 9.17) is 19.2 Å². The summed E-state index contributed by atoms with van der Waals surface area (Å²) in [6.07, 6.45) is 2.80. The zero-order chi connectivity index (χ0) is 22.9. The molecule has 3 aromatic rings. The topological polar surface area (TPSA) is 85.5 Å². The molecule has 0 aliphatic rings. The van der Waals surface area contributed by atoms with E-state index in [0.29, 0.717) is 42.6 Å². The quantitative estimate of drug-likeness (QED) is 0.399. The van der Waals surface area contributed by atoms with Gasteiger partial charge in [-0.1, -0.05) is 12.1 Å². The van der Waals surface area contributed by atoms with Crippen LogP contribution in [0.15, 0.2) is 36.4 Å². The van der Waals surface area contributed by atoms with Crippen LogP contribution in [0.5, 0.6) is 17.2 Å². The Morgan fingerprint density at radius 3 is 2.31 bits per heavy atom. The lowest BCUT2D eigenvalue weighted by atomic mass is 10.1. The molecule has 0 radical (unpaired) electrons. The highest BCUT2D eigenvalue weighted by Crippen LogP contribution is 2.39. The van der Waals surface area contributed by atoms with Crippen molar-refractivity contribution in [2.75, 3.05) is 31.8 Å². The van der Waals surface area contributed by atoms with Crippen molar-refractivity contribution in [2.24, 2.45) is 0 Å². The molecule has 2 aromatic carbocycles. The van der Waals surface area contributed by atoms with Gasteiger partial charge in [-0.25, -0.2) is 4.98 Å². The predicted octanol–water partition coefficient (Wildman–Crippen LogP) is 4.98. The van der Waals surface area contributed by atoms with Crippen molar-refractivity contribution >= 4 is 28.7 Å². The molecule has 0 spiro atoms. The first-order chi connectivity index (χ1) is 15.6. The average molecular weight is 458 g/mol. The number of hydrogen-bond acceptors (Lipinski definition) is 6. The number of rotatable bonds is 12. The number of carbonyl (C=O) groups excluding carboxylic acids is 1. The van der Waals surface area contributed by atoms with Gasteiger partial charge < -0.3 is 24.5 Å². The fraction of sp³-hybridized carbons (Fsp3) is 0.417. The van der Waals surface area contributed by atoms with Gasteiger partial charge in [-0.2, -0.15) is 11.8 Å². The lowest BCUT2D eigenvalue weighted by molar-refractivity contribution is 0.0933. The van der Waals surface area contributed by atoms with Crippen molar-refractivity contribution in [1.29, 1.82) is 0 Å². The van der Waals surface area contributed by atoms with Gasteiger partial charge in [0.1, 0.15) is 5.82 Å². The molecule has 2 N–H and O–H groups in total. The molecule has 0 aliphatic heterocycles. The zero-order valence-corrected chi connectivity index (χ0v) is 19.9. The van der Waals surface area contributed by atoms with E-state index in [1.165, 1.54) is 0 Å². The molecule has 0 saturated heterocycles. The fourth-order valence-corrected chi connectivity index (χ4v) is 3.88. The Labute approximate surface area is 193 Å². The third-order valence-electron chi connectivity index (χ3n) is 4.83. The SMILES string of the molecule is CCOc1cc(C(=O)N[C@H](CCSC)c2nc3ccccc3[nH]2)cc(OCC)c1OCC. The van der Waals surface area contributed by atoms with Gasteiger partial charge in [0.05, 0.1) is 36.9 Å². The first-order valence-corrected chi connectivity index (χ1v) is 12.3. The Kier molecular flexibility index (Phi) is 8.67. The number of carbonyl (C=O) groups is 1. The Balaban J connectivity index is 1.92. The van der Waals surface area contributed by atoms with E-state index >= 15 is 0 Å². The van der Waals surface area contributed by atoms with E-state index in [9.17, 15) is 4.79 Å². The van der Waals surface area contributed by atoms with E-state index in [-0.39, 0.29) is 11.9 Å². The first-order valence-electron chi connectivity index (χ1n) is 10.9. The Morgan fingerprint density at radius 1 is 1.06 bits per heavy atom. The highest BCUT2D eigenvalue weighted by Gasteiger charge is 2.22. The minimum absolute atomic E-state index is 0.221. The average Bonchev–Trinajstić information content (AvgIpc) is 3.23. The molecular weight excluding hydrogens is 426 g/mol. The summed E-state index contributed by atoms with van der Waals surface area (Å²) in [6, 6.07) is 11.0. The lowest BCUT2D eigenvalue weighted by Crippen LogP contribution is -2.30. The largest absolute Gasteiger partial charge is 0.490 e. The summed E-state index contributed by atoms with van der Waals surface area (Å²) in [5.74, 6) is 2.92. The highest BCUT2D eigenvalue weighted by atomic mass is 32.2. The summed E-state index contributed by atoms with van der Waals surface area (Å²) >= 11 is 1.73. The van der Waals surface area contributed by atoms with Crippen LogP contribution in [-0.2, 0) is 0 Å². The molecule has 0 unspecified atom stereocenters. The summed E-state index contributed by atoms with van der Waals surface area (Å²) in [6.45, 7) is 7.05. The number of amides is 1. The lowest BCUT2D eigenvalue weighted by Gasteiger charge is -2.19. The molecule has 8 heteroatoms. The Morgan fingerprint density at radius 2 is 1.72 bits per heavy atom. The van der Waals surface area contributed by atoms with Gasteiger partial charge in [0.15, 0.2) is 11.5 Å². The number of hydrogen-bond donors (Lipinski definition) is 2. The Hall–Kier alpha value is -2.87. The summed E-state index contributed by atoms with van der Waals surface area (Å²) in [5.41, 5.74) is 2.28. The van der Waals surface area contributed by atoms with Crippen molar-refractivity contribution < 1.29 is 19.0 Å². The number of nitrogens with zero attached hydrogens (tertiary/aromatic N) is 1. The molecule has 0 aliphatic carbocycles. The summed E-state index contributed by atoms with van der Waals surface area (Å²) < 4.78 is 17.3. The molecule has 1 atom stereocenters. The van der Waals surface area contributed by atoms with Crippen LogP contribution in [0.3, 0.4) is 0 Å².